The second-order valence-electron chi connectivity index (χ2n) is 5.76. The molecule has 116 valence electrons. The molecule has 0 saturated heterocycles. The normalized spacial score (nSPS) is 11.1. The number of hydrogen-bond acceptors (Lipinski definition) is 3. The summed E-state index contributed by atoms with van der Waals surface area (Å²) in [6, 6.07) is 3.36. The number of aliphatic carboxylic acids is 1. The molecule has 1 amide bonds. The molecule has 0 atom stereocenters. The van der Waals surface area contributed by atoms with Crippen LogP contribution in [0.3, 0.4) is 0 Å². The number of aryl methyl sites for hydroxylation is 1. The van der Waals surface area contributed by atoms with E-state index in [9.17, 15) is 9.59 Å². The Hall–Kier alpha value is -1.75. The quantitative estimate of drug-likeness (QED) is 0.843. The molecule has 21 heavy (non-hydrogen) atoms. The summed E-state index contributed by atoms with van der Waals surface area (Å²) in [6.07, 6.45) is 0.0140. The lowest BCUT2D eigenvalue weighted by Gasteiger charge is -2.22. The number of halogens is 1. The number of methoxy groups -OCH3 is 1. The highest BCUT2D eigenvalue weighted by molar-refractivity contribution is 6.31. The molecule has 0 aliphatic rings. The van der Waals surface area contributed by atoms with Crippen molar-refractivity contribution in [2.45, 2.75) is 33.6 Å². The molecule has 0 radical (unpaired) electrons. The molecule has 5 nitrogen and oxygen atoms in total. The Morgan fingerprint density at radius 3 is 2.48 bits per heavy atom. The van der Waals surface area contributed by atoms with Gasteiger partial charge in [-0.05, 0) is 30.0 Å². The van der Waals surface area contributed by atoms with E-state index in [1.807, 2.05) is 6.92 Å². The SMILES string of the molecule is COc1cc(C)c(Cl)cc1NC(=O)CC(C)(C)CC(=O)O. The van der Waals surface area contributed by atoms with Crippen molar-refractivity contribution in [1.29, 1.82) is 0 Å². The van der Waals surface area contributed by atoms with Crippen molar-refractivity contribution in [3.8, 4) is 5.75 Å². The van der Waals surface area contributed by atoms with Crippen LogP contribution in [0.1, 0.15) is 32.3 Å². The molecule has 0 aliphatic carbocycles. The van der Waals surface area contributed by atoms with Crippen LogP contribution in [-0.2, 0) is 9.59 Å². The van der Waals surface area contributed by atoms with E-state index in [0.717, 1.165) is 5.56 Å². The van der Waals surface area contributed by atoms with Crippen molar-refractivity contribution in [1.82, 2.24) is 0 Å². The fourth-order valence-corrected chi connectivity index (χ4v) is 2.19. The maximum absolute atomic E-state index is 12.1. The molecular formula is C15H20ClNO4. The number of carbonyl (C=O) groups excluding carboxylic acids is 1. The predicted molar refractivity (Wildman–Crippen MR) is 82.0 cm³/mol. The maximum Gasteiger partial charge on any atom is 0.303 e. The number of nitrogens with one attached hydrogen (secondary N) is 1. The van der Waals surface area contributed by atoms with Crippen LogP contribution in [0.25, 0.3) is 0 Å². The van der Waals surface area contributed by atoms with E-state index in [0.29, 0.717) is 16.5 Å². The van der Waals surface area contributed by atoms with Crippen LogP contribution in [-0.4, -0.2) is 24.1 Å². The number of ether oxygens (including phenoxy) is 1. The van der Waals surface area contributed by atoms with E-state index < -0.39 is 11.4 Å². The lowest BCUT2D eigenvalue weighted by molar-refractivity contribution is -0.139. The van der Waals surface area contributed by atoms with Crippen LogP contribution in [0, 0.1) is 12.3 Å². The monoisotopic (exact) mass is 313 g/mol. The van der Waals surface area contributed by atoms with Gasteiger partial charge in [0.05, 0.1) is 19.2 Å². The molecule has 6 heteroatoms. The Balaban J connectivity index is 2.84. The Bertz CT molecular complexity index is 555. The number of hydrogen-bond donors (Lipinski definition) is 2. The van der Waals surface area contributed by atoms with E-state index in [1.54, 1.807) is 26.0 Å². The van der Waals surface area contributed by atoms with Gasteiger partial charge < -0.3 is 15.2 Å². The summed E-state index contributed by atoms with van der Waals surface area (Å²) in [7, 11) is 1.51. The average Bonchev–Trinajstić information content (AvgIpc) is 2.30. The number of carboxylic acids is 1. The Morgan fingerprint density at radius 1 is 1.33 bits per heavy atom. The second kappa shape index (κ2) is 6.80. The standard InChI is InChI=1S/C15H20ClNO4/c1-9-5-12(21-4)11(6-10(9)16)17-13(18)7-15(2,3)8-14(19)20/h5-6H,7-8H2,1-4H3,(H,17,18)(H,19,20). The third kappa shape index (κ3) is 5.27. The Morgan fingerprint density at radius 2 is 1.95 bits per heavy atom. The summed E-state index contributed by atoms with van der Waals surface area (Å²) in [5.74, 6) is -0.690. The summed E-state index contributed by atoms with van der Waals surface area (Å²) >= 11 is 6.04. The summed E-state index contributed by atoms with van der Waals surface area (Å²) in [5.41, 5.74) is 0.694. The topological polar surface area (TPSA) is 75.6 Å². The van der Waals surface area contributed by atoms with Gasteiger partial charge >= 0.3 is 5.97 Å². The zero-order valence-electron chi connectivity index (χ0n) is 12.6. The first-order valence-electron chi connectivity index (χ1n) is 6.50. The number of carbonyl (C=O) groups is 2. The highest BCUT2D eigenvalue weighted by Crippen LogP contribution is 2.32. The van der Waals surface area contributed by atoms with Crippen molar-refractivity contribution < 1.29 is 19.4 Å². The van der Waals surface area contributed by atoms with Crippen LogP contribution >= 0.6 is 11.6 Å². The molecule has 0 aromatic heterocycles. The number of rotatable bonds is 6. The van der Waals surface area contributed by atoms with E-state index in [4.69, 9.17) is 21.4 Å². The molecular weight excluding hydrogens is 294 g/mol. The van der Waals surface area contributed by atoms with Gasteiger partial charge in [-0.2, -0.15) is 0 Å². The summed E-state index contributed by atoms with van der Waals surface area (Å²) in [6.45, 7) is 5.31. The molecule has 1 aromatic carbocycles. The van der Waals surface area contributed by atoms with Crippen molar-refractivity contribution >= 4 is 29.2 Å². The molecule has 0 heterocycles. The van der Waals surface area contributed by atoms with Gasteiger partial charge in [0, 0.05) is 11.4 Å². The maximum atomic E-state index is 12.1. The van der Waals surface area contributed by atoms with Gasteiger partial charge in [0.2, 0.25) is 5.91 Å². The van der Waals surface area contributed by atoms with Crippen LogP contribution < -0.4 is 10.1 Å². The van der Waals surface area contributed by atoms with E-state index in [-0.39, 0.29) is 18.7 Å². The molecule has 1 aromatic rings. The van der Waals surface area contributed by atoms with Crippen molar-refractivity contribution in [3.05, 3.63) is 22.7 Å². The fourth-order valence-electron chi connectivity index (χ4n) is 2.02. The zero-order valence-corrected chi connectivity index (χ0v) is 13.4. The minimum Gasteiger partial charge on any atom is -0.495 e. The van der Waals surface area contributed by atoms with Crippen molar-refractivity contribution in [2.75, 3.05) is 12.4 Å². The van der Waals surface area contributed by atoms with Gasteiger partial charge in [0.15, 0.2) is 0 Å². The first kappa shape index (κ1) is 17.3. The average molecular weight is 314 g/mol. The van der Waals surface area contributed by atoms with Gasteiger partial charge in [0.25, 0.3) is 0 Å². The molecule has 1 rings (SSSR count). The highest BCUT2D eigenvalue weighted by Gasteiger charge is 2.25. The third-order valence-electron chi connectivity index (χ3n) is 3.02. The van der Waals surface area contributed by atoms with Gasteiger partial charge in [-0.15, -0.1) is 0 Å². The number of amides is 1. The van der Waals surface area contributed by atoms with Crippen LogP contribution in [0.15, 0.2) is 12.1 Å². The first-order chi connectivity index (χ1) is 9.64. The molecule has 0 spiro atoms. The van der Waals surface area contributed by atoms with Gasteiger partial charge in [0.1, 0.15) is 5.75 Å². The van der Waals surface area contributed by atoms with Crippen molar-refractivity contribution in [3.63, 3.8) is 0 Å². The number of benzene rings is 1. The van der Waals surface area contributed by atoms with Crippen molar-refractivity contribution in [2.24, 2.45) is 5.41 Å². The van der Waals surface area contributed by atoms with E-state index >= 15 is 0 Å². The van der Waals surface area contributed by atoms with Crippen LogP contribution in [0.5, 0.6) is 5.75 Å². The lowest BCUT2D eigenvalue weighted by Crippen LogP contribution is -2.25. The van der Waals surface area contributed by atoms with E-state index in [2.05, 4.69) is 5.32 Å². The van der Waals surface area contributed by atoms with Gasteiger partial charge in [-0.25, -0.2) is 0 Å². The molecule has 0 bridgehead atoms. The number of anilines is 1. The third-order valence-corrected chi connectivity index (χ3v) is 3.43. The van der Waals surface area contributed by atoms with Gasteiger partial charge in [-0.3, -0.25) is 9.59 Å². The summed E-state index contributed by atoms with van der Waals surface area (Å²) in [4.78, 5) is 22.8. The van der Waals surface area contributed by atoms with E-state index in [1.165, 1.54) is 7.11 Å². The zero-order chi connectivity index (χ0) is 16.2. The fraction of sp³-hybridized carbons (Fsp3) is 0.467. The molecule has 0 fully saturated rings. The van der Waals surface area contributed by atoms with Crippen LogP contribution in [0.2, 0.25) is 5.02 Å². The smallest absolute Gasteiger partial charge is 0.303 e. The summed E-state index contributed by atoms with van der Waals surface area (Å²) < 4.78 is 5.21. The lowest BCUT2D eigenvalue weighted by atomic mass is 9.85. The number of carboxylic acid groups (broad SMARTS) is 1. The molecule has 2 N–H and O–H groups in total. The Kier molecular flexibility index (Phi) is 5.61. The molecule has 0 aliphatic heterocycles. The highest BCUT2D eigenvalue weighted by atomic mass is 35.5. The minimum atomic E-state index is -0.927. The Labute approximate surface area is 129 Å². The molecule has 0 saturated carbocycles. The second-order valence-corrected chi connectivity index (χ2v) is 6.17. The van der Waals surface area contributed by atoms with Gasteiger partial charge in [-0.1, -0.05) is 25.4 Å². The van der Waals surface area contributed by atoms with Crippen LogP contribution in [0.4, 0.5) is 5.69 Å². The largest absolute Gasteiger partial charge is 0.495 e. The molecule has 0 unspecified atom stereocenters. The predicted octanol–water partition coefficient (Wildman–Crippen LogP) is 3.49. The first-order valence-corrected chi connectivity index (χ1v) is 6.88. The summed E-state index contributed by atoms with van der Waals surface area (Å²) in [5, 5.41) is 12.1. The minimum absolute atomic E-state index is 0.0772.